The van der Waals surface area contributed by atoms with E-state index in [9.17, 15) is 0 Å². The van der Waals surface area contributed by atoms with Crippen LogP contribution in [0.1, 0.15) is 32.6 Å². The van der Waals surface area contributed by atoms with Crippen LogP contribution in [0.2, 0.25) is 0 Å². The minimum atomic E-state index is -0.175. The highest BCUT2D eigenvalue weighted by atomic mass is 16.7. The number of quaternary nitrogens is 1. The van der Waals surface area contributed by atoms with Gasteiger partial charge in [0.25, 0.3) is 0 Å². The molecule has 1 unspecified atom stereocenters. The molecule has 0 saturated carbocycles. The Kier molecular flexibility index (Phi) is 2.31. The summed E-state index contributed by atoms with van der Waals surface area (Å²) < 4.78 is 12.9. The summed E-state index contributed by atoms with van der Waals surface area (Å²) in [5.74, 6) is -0.175. The fourth-order valence-corrected chi connectivity index (χ4v) is 3.67. The first kappa shape index (κ1) is 10.1. The SMILES string of the molecule is CC1CCC[N+]12CCC1(CC2)OCCO1. The van der Waals surface area contributed by atoms with E-state index >= 15 is 0 Å². The Bertz CT molecular complexity index is 238. The summed E-state index contributed by atoms with van der Waals surface area (Å²) in [6.07, 6.45) is 5.04. The van der Waals surface area contributed by atoms with Crippen molar-refractivity contribution in [3.05, 3.63) is 0 Å². The van der Waals surface area contributed by atoms with Crippen molar-refractivity contribution in [2.45, 2.75) is 44.4 Å². The van der Waals surface area contributed by atoms with Gasteiger partial charge in [-0.1, -0.05) is 0 Å². The van der Waals surface area contributed by atoms with E-state index in [1.807, 2.05) is 0 Å². The van der Waals surface area contributed by atoms with Crippen LogP contribution in [0.5, 0.6) is 0 Å². The second-order valence-corrected chi connectivity index (χ2v) is 5.49. The van der Waals surface area contributed by atoms with E-state index in [0.29, 0.717) is 0 Å². The molecule has 3 aliphatic heterocycles. The van der Waals surface area contributed by atoms with E-state index in [1.165, 1.54) is 37.0 Å². The van der Waals surface area contributed by atoms with Gasteiger partial charge >= 0.3 is 0 Å². The second kappa shape index (κ2) is 3.44. The van der Waals surface area contributed by atoms with Gasteiger partial charge in [-0.05, 0) is 6.92 Å². The Hall–Kier alpha value is -0.120. The molecule has 86 valence electrons. The largest absolute Gasteiger partial charge is 0.347 e. The van der Waals surface area contributed by atoms with Gasteiger partial charge in [-0.15, -0.1) is 0 Å². The fraction of sp³-hybridized carbons (Fsp3) is 1.00. The molecule has 3 fully saturated rings. The van der Waals surface area contributed by atoms with E-state index in [0.717, 1.165) is 32.1 Å². The van der Waals surface area contributed by atoms with Gasteiger partial charge in [0.1, 0.15) is 0 Å². The Morgan fingerprint density at radius 3 is 2.27 bits per heavy atom. The van der Waals surface area contributed by atoms with E-state index in [-0.39, 0.29) is 5.79 Å². The van der Waals surface area contributed by atoms with Gasteiger partial charge in [-0.3, -0.25) is 0 Å². The molecule has 0 amide bonds. The topological polar surface area (TPSA) is 18.5 Å². The van der Waals surface area contributed by atoms with Crippen molar-refractivity contribution in [2.24, 2.45) is 0 Å². The molecule has 1 atom stereocenters. The predicted molar refractivity (Wildman–Crippen MR) is 57.4 cm³/mol. The lowest BCUT2D eigenvalue weighted by molar-refractivity contribution is -0.945. The molecule has 3 rings (SSSR count). The molecule has 0 aliphatic carbocycles. The van der Waals surface area contributed by atoms with Gasteiger partial charge in [-0.2, -0.15) is 0 Å². The minimum Gasteiger partial charge on any atom is -0.347 e. The van der Waals surface area contributed by atoms with Crippen LogP contribution in [-0.4, -0.2) is 49.2 Å². The molecule has 0 aromatic carbocycles. The maximum Gasteiger partial charge on any atom is 0.179 e. The van der Waals surface area contributed by atoms with Crippen LogP contribution < -0.4 is 0 Å². The van der Waals surface area contributed by atoms with Crippen LogP contribution in [0.3, 0.4) is 0 Å². The fourth-order valence-electron chi connectivity index (χ4n) is 3.67. The smallest absolute Gasteiger partial charge is 0.179 e. The molecule has 0 aromatic rings. The Balaban J connectivity index is 1.69. The molecule has 15 heavy (non-hydrogen) atoms. The number of nitrogens with zero attached hydrogens (tertiary/aromatic N) is 1. The quantitative estimate of drug-likeness (QED) is 0.567. The van der Waals surface area contributed by atoms with Crippen LogP contribution in [0.15, 0.2) is 0 Å². The molecule has 3 heteroatoms. The van der Waals surface area contributed by atoms with Crippen molar-refractivity contribution in [2.75, 3.05) is 32.8 Å². The monoisotopic (exact) mass is 212 g/mol. The molecular formula is C12H22NO2+. The standard InChI is InChI=1S/C12H22NO2/c1-11-3-2-6-13(11)7-4-12(5-8-13)14-9-10-15-12/h11H,2-10H2,1H3/q+1. The van der Waals surface area contributed by atoms with Crippen molar-refractivity contribution in [1.29, 1.82) is 0 Å². The first-order chi connectivity index (χ1) is 7.25. The third-order valence-electron chi connectivity index (χ3n) is 4.85. The normalized spacial score (nSPS) is 37.8. The third-order valence-corrected chi connectivity index (χ3v) is 4.85. The molecule has 0 aromatic heterocycles. The van der Waals surface area contributed by atoms with Crippen molar-refractivity contribution in [1.82, 2.24) is 0 Å². The zero-order valence-corrected chi connectivity index (χ0v) is 9.71. The molecule has 3 nitrogen and oxygen atoms in total. The van der Waals surface area contributed by atoms with Gasteiger partial charge in [0, 0.05) is 12.8 Å². The third kappa shape index (κ3) is 1.52. The summed E-state index contributed by atoms with van der Waals surface area (Å²) in [6.45, 7) is 7.94. The number of hydrogen-bond acceptors (Lipinski definition) is 2. The Labute approximate surface area is 91.9 Å². The van der Waals surface area contributed by atoms with E-state index in [4.69, 9.17) is 9.47 Å². The first-order valence-electron chi connectivity index (χ1n) is 6.39. The van der Waals surface area contributed by atoms with Crippen LogP contribution in [0.4, 0.5) is 0 Å². The molecular weight excluding hydrogens is 190 g/mol. The number of piperidine rings is 1. The van der Waals surface area contributed by atoms with Crippen LogP contribution in [0.25, 0.3) is 0 Å². The van der Waals surface area contributed by atoms with Crippen LogP contribution in [-0.2, 0) is 9.47 Å². The zero-order chi connectivity index (χ0) is 10.4. The molecule has 3 saturated heterocycles. The van der Waals surface area contributed by atoms with Crippen molar-refractivity contribution >= 4 is 0 Å². The molecule has 2 spiro atoms. The van der Waals surface area contributed by atoms with Gasteiger partial charge in [0.05, 0.1) is 51.7 Å². The summed E-state index contributed by atoms with van der Waals surface area (Å²) >= 11 is 0. The summed E-state index contributed by atoms with van der Waals surface area (Å²) in [5.41, 5.74) is 0. The maximum absolute atomic E-state index is 5.79. The zero-order valence-electron chi connectivity index (χ0n) is 9.71. The average molecular weight is 212 g/mol. The first-order valence-corrected chi connectivity index (χ1v) is 6.39. The second-order valence-electron chi connectivity index (χ2n) is 5.49. The van der Waals surface area contributed by atoms with E-state index in [1.54, 1.807) is 0 Å². The van der Waals surface area contributed by atoms with Crippen LogP contribution in [0, 0.1) is 0 Å². The summed E-state index contributed by atoms with van der Waals surface area (Å²) in [5, 5.41) is 0. The van der Waals surface area contributed by atoms with Gasteiger partial charge in [0.2, 0.25) is 0 Å². The molecule has 0 bridgehead atoms. The van der Waals surface area contributed by atoms with Gasteiger partial charge in [0.15, 0.2) is 5.79 Å². The van der Waals surface area contributed by atoms with Gasteiger partial charge < -0.3 is 14.0 Å². The molecule has 0 radical (unpaired) electrons. The Morgan fingerprint density at radius 1 is 1.07 bits per heavy atom. The number of rotatable bonds is 0. The van der Waals surface area contributed by atoms with Crippen molar-refractivity contribution in [3.63, 3.8) is 0 Å². The number of hydrogen-bond donors (Lipinski definition) is 0. The lowest BCUT2D eigenvalue weighted by atomic mass is 10.00. The maximum atomic E-state index is 5.79. The highest BCUT2D eigenvalue weighted by Gasteiger charge is 2.49. The van der Waals surface area contributed by atoms with Crippen molar-refractivity contribution < 1.29 is 14.0 Å². The molecule has 3 aliphatic rings. The lowest BCUT2D eigenvalue weighted by Crippen LogP contribution is -2.59. The minimum absolute atomic E-state index is 0.175. The predicted octanol–water partition coefficient (Wildman–Crippen LogP) is 1.52. The summed E-state index contributed by atoms with van der Waals surface area (Å²) in [6, 6.07) is 0.865. The Morgan fingerprint density at radius 2 is 1.73 bits per heavy atom. The summed E-state index contributed by atoms with van der Waals surface area (Å²) in [4.78, 5) is 0. The van der Waals surface area contributed by atoms with E-state index in [2.05, 4.69) is 6.92 Å². The summed E-state index contributed by atoms with van der Waals surface area (Å²) in [7, 11) is 0. The van der Waals surface area contributed by atoms with Gasteiger partial charge in [-0.25, -0.2) is 0 Å². The average Bonchev–Trinajstić information content (AvgIpc) is 2.82. The number of ether oxygens (including phenoxy) is 2. The molecule has 0 N–H and O–H groups in total. The van der Waals surface area contributed by atoms with Crippen LogP contribution >= 0.6 is 0 Å². The highest BCUT2D eigenvalue weighted by molar-refractivity contribution is 4.80. The van der Waals surface area contributed by atoms with E-state index < -0.39 is 0 Å². The highest BCUT2D eigenvalue weighted by Crippen LogP contribution is 2.38. The molecule has 3 heterocycles. The lowest BCUT2D eigenvalue weighted by Gasteiger charge is -2.46. The van der Waals surface area contributed by atoms with Crippen molar-refractivity contribution in [3.8, 4) is 0 Å².